The fraction of sp³-hybridized carbons (Fsp3) is 0.300. The summed E-state index contributed by atoms with van der Waals surface area (Å²) in [6, 6.07) is 3.76. The highest BCUT2D eigenvalue weighted by Crippen LogP contribution is 2.28. The Morgan fingerprint density at radius 3 is 2.70 bits per heavy atom. The Morgan fingerprint density at radius 2 is 1.93 bits per heavy atom. The van der Waals surface area contributed by atoms with E-state index in [1.807, 2.05) is 12.1 Å². The molecule has 30 heavy (non-hydrogen) atoms. The fourth-order valence-electron chi connectivity index (χ4n) is 3.94. The third-order valence-corrected chi connectivity index (χ3v) is 5.52. The lowest BCUT2D eigenvalue weighted by Gasteiger charge is -2.22. The van der Waals surface area contributed by atoms with Crippen LogP contribution in [-0.4, -0.2) is 48.9 Å². The SMILES string of the molecule is O=C(O)Nc1c[nH]c2ncc(-c3cnc4[nH]c(=O)n(CC5CCOCC5)c4c3)cc12. The molecule has 1 amide bonds. The van der Waals surface area contributed by atoms with Gasteiger partial charge in [-0.1, -0.05) is 0 Å². The zero-order valence-corrected chi connectivity index (χ0v) is 16.0. The van der Waals surface area contributed by atoms with Crippen LogP contribution in [0.4, 0.5) is 10.5 Å². The predicted molar refractivity (Wildman–Crippen MR) is 111 cm³/mol. The Kier molecular flexibility index (Phi) is 4.47. The van der Waals surface area contributed by atoms with Crippen LogP contribution >= 0.6 is 0 Å². The quantitative estimate of drug-likeness (QED) is 0.410. The lowest BCUT2D eigenvalue weighted by molar-refractivity contribution is 0.0613. The van der Waals surface area contributed by atoms with Crippen molar-refractivity contribution in [1.29, 1.82) is 0 Å². The van der Waals surface area contributed by atoms with Gasteiger partial charge in [-0.2, -0.15) is 0 Å². The van der Waals surface area contributed by atoms with Gasteiger partial charge in [-0.25, -0.2) is 19.6 Å². The van der Waals surface area contributed by atoms with E-state index in [4.69, 9.17) is 9.84 Å². The molecule has 1 aliphatic heterocycles. The molecule has 4 aromatic rings. The summed E-state index contributed by atoms with van der Waals surface area (Å²) >= 11 is 0. The summed E-state index contributed by atoms with van der Waals surface area (Å²) in [5, 5.41) is 12.0. The minimum atomic E-state index is -1.14. The molecule has 154 valence electrons. The van der Waals surface area contributed by atoms with Crippen LogP contribution in [0.25, 0.3) is 33.3 Å². The van der Waals surface area contributed by atoms with Crippen LogP contribution in [-0.2, 0) is 11.3 Å². The normalized spacial score (nSPS) is 15.1. The molecule has 10 heteroatoms. The molecule has 5 rings (SSSR count). The van der Waals surface area contributed by atoms with Gasteiger partial charge in [0.25, 0.3) is 0 Å². The number of anilines is 1. The first-order valence-corrected chi connectivity index (χ1v) is 9.72. The van der Waals surface area contributed by atoms with Crippen molar-refractivity contribution in [1.82, 2.24) is 24.5 Å². The van der Waals surface area contributed by atoms with E-state index in [9.17, 15) is 9.59 Å². The lowest BCUT2D eigenvalue weighted by atomic mass is 10.0. The molecule has 10 nitrogen and oxygen atoms in total. The van der Waals surface area contributed by atoms with E-state index in [1.54, 1.807) is 23.2 Å². The second-order valence-electron chi connectivity index (χ2n) is 7.44. The summed E-state index contributed by atoms with van der Waals surface area (Å²) in [5.74, 6) is 0.390. The van der Waals surface area contributed by atoms with Gasteiger partial charge in [0.15, 0.2) is 5.65 Å². The second-order valence-corrected chi connectivity index (χ2v) is 7.44. The highest BCUT2D eigenvalue weighted by Gasteiger charge is 2.18. The van der Waals surface area contributed by atoms with Crippen LogP contribution in [0.2, 0.25) is 0 Å². The number of carbonyl (C=O) groups is 1. The molecule has 0 aromatic carbocycles. The number of hydrogen-bond acceptors (Lipinski definition) is 5. The van der Waals surface area contributed by atoms with Crippen molar-refractivity contribution in [2.75, 3.05) is 18.5 Å². The van der Waals surface area contributed by atoms with Gasteiger partial charge in [0.2, 0.25) is 0 Å². The number of pyridine rings is 2. The smallest absolute Gasteiger partial charge is 0.409 e. The van der Waals surface area contributed by atoms with Gasteiger partial charge in [-0.15, -0.1) is 0 Å². The number of hydrogen-bond donors (Lipinski definition) is 4. The van der Waals surface area contributed by atoms with Gasteiger partial charge in [-0.3, -0.25) is 14.9 Å². The zero-order chi connectivity index (χ0) is 20.7. The predicted octanol–water partition coefficient (Wildman–Crippen LogP) is 2.78. The van der Waals surface area contributed by atoms with Gasteiger partial charge >= 0.3 is 11.8 Å². The topological polar surface area (TPSA) is 138 Å². The van der Waals surface area contributed by atoms with Crippen molar-refractivity contribution in [2.24, 2.45) is 5.92 Å². The van der Waals surface area contributed by atoms with Crippen molar-refractivity contribution >= 4 is 34.0 Å². The number of nitrogens with one attached hydrogen (secondary N) is 3. The first-order valence-electron chi connectivity index (χ1n) is 9.72. The molecule has 0 saturated carbocycles. The Balaban J connectivity index is 1.55. The summed E-state index contributed by atoms with van der Waals surface area (Å²) in [6.45, 7) is 2.07. The lowest BCUT2D eigenvalue weighted by Crippen LogP contribution is -2.25. The molecule has 4 N–H and O–H groups in total. The Hall–Kier alpha value is -3.66. The molecule has 0 radical (unpaired) electrons. The minimum absolute atomic E-state index is 0.173. The van der Waals surface area contributed by atoms with Crippen LogP contribution in [0.15, 0.2) is 35.5 Å². The maximum atomic E-state index is 12.5. The third kappa shape index (κ3) is 3.30. The van der Waals surface area contributed by atoms with Crippen molar-refractivity contribution < 1.29 is 14.6 Å². The average Bonchev–Trinajstić information content (AvgIpc) is 3.28. The third-order valence-electron chi connectivity index (χ3n) is 5.52. The maximum absolute atomic E-state index is 12.5. The second kappa shape index (κ2) is 7.30. The monoisotopic (exact) mass is 408 g/mol. The molecule has 0 unspecified atom stereocenters. The van der Waals surface area contributed by atoms with Crippen LogP contribution in [0.5, 0.6) is 0 Å². The highest BCUT2D eigenvalue weighted by atomic mass is 16.5. The molecule has 0 spiro atoms. The Labute approximate surface area is 169 Å². The van der Waals surface area contributed by atoms with Crippen molar-refractivity contribution in [3.63, 3.8) is 0 Å². The molecule has 1 saturated heterocycles. The number of H-pyrrole nitrogens is 2. The average molecular weight is 408 g/mol. The molecule has 0 aliphatic carbocycles. The van der Waals surface area contributed by atoms with Crippen LogP contribution in [0, 0.1) is 5.92 Å². The van der Waals surface area contributed by atoms with E-state index < -0.39 is 6.09 Å². The maximum Gasteiger partial charge on any atom is 0.409 e. The van der Waals surface area contributed by atoms with Gasteiger partial charge < -0.3 is 14.8 Å². The van der Waals surface area contributed by atoms with E-state index >= 15 is 0 Å². The van der Waals surface area contributed by atoms with E-state index in [0.29, 0.717) is 34.8 Å². The number of aromatic amines is 2. The van der Waals surface area contributed by atoms with Crippen molar-refractivity contribution in [3.05, 3.63) is 41.2 Å². The standard InChI is InChI=1S/C20H20N6O4/c27-19-25-18-16(26(19)10-11-1-3-30-4-2-11)6-13(8-22-18)12-5-14-15(24-20(28)29)9-23-17(14)21-7-12/h5-9,11,24H,1-4,10H2,(H,21,23)(H,28,29)(H,22,25,27). The van der Waals surface area contributed by atoms with Gasteiger partial charge in [0.1, 0.15) is 5.65 Å². The van der Waals surface area contributed by atoms with E-state index in [-0.39, 0.29) is 5.69 Å². The van der Waals surface area contributed by atoms with Crippen LogP contribution in [0.1, 0.15) is 12.8 Å². The number of ether oxygens (including phenoxy) is 1. The van der Waals surface area contributed by atoms with Crippen LogP contribution in [0.3, 0.4) is 0 Å². The molecule has 5 heterocycles. The number of carboxylic acid groups (broad SMARTS) is 1. The summed E-state index contributed by atoms with van der Waals surface area (Å²) < 4.78 is 7.15. The molecule has 4 aromatic heterocycles. The van der Waals surface area contributed by atoms with Gasteiger partial charge in [-0.05, 0) is 30.9 Å². The molecular formula is C20H20N6O4. The van der Waals surface area contributed by atoms with Crippen molar-refractivity contribution in [3.8, 4) is 11.1 Å². The summed E-state index contributed by atoms with van der Waals surface area (Å²) in [6.07, 6.45) is 5.65. The Morgan fingerprint density at radius 1 is 1.20 bits per heavy atom. The Bertz CT molecular complexity index is 1300. The van der Waals surface area contributed by atoms with Crippen LogP contribution < -0.4 is 11.0 Å². The molecule has 1 aliphatic rings. The molecule has 0 atom stereocenters. The first kappa shape index (κ1) is 18.4. The van der Waals surface area contributed by atoms with E-state index in [2.05, 4.69) is 25.3 Å². The molecule has 0 bridgehead atoms. The summed E-state index contributed by atoms with van der Waals surface area (Å²) in [7, 11) is 0. The number of imidazole rings is 1. The van der Waals surface area contributed by atoms with E-state index in [0.717, 1.165) is 42.7 Å². The van der Waals surface area contributed by atoms with Crippen molar-refractivity contribution in [2.45, 2.75) is 19.4 Å². The number of rotatable bonds is 4. The summed E-state index contributed by atoms with van der Waals surface area (Å²) in [4.78, 5) is 38.1. The molecular weight excluding hydrogens is 388 g/mol. The van der Waals surface area contributed by atoms with Gasteiger partial charge in [0.05, 0.1) is 11.2 Å². The van der Waals surface area contributed by atoms with Gasteiger partial charge in [0, 0.05) is 54.9 Å². The highest BCUT2D eigenvalue weighted by molar-refractivity contribution is 5.99. The number of amides is 1. The molecule has 1 fully saturated rings. The zero-order valence-electron chi connectivity index (χ0n) is 16.0. The largest absolute Gasteiger partial charge is 0.465 e. The number of fused-ring (bicyclic) bond motifs is 2. The first-order chi connectivity index (χ1) is 14.6. The number of nitrogens with zero attached hydrogens (tertiary/aromatic N) is 3. The fourth-order valence-corrected chi connectivity index (χ4v) is 3.94. The summed E-state index contributed by atoms with van der Waals surface area (Å²) in [5.41, 5.74) is 3.68. The van der Waals surface area contributed by atoms with E-state index in [1.165, 1.54) is 0 Å². The minimum Gasteiger partial charge on any atom is -0.465 e. The number of aromatic nitrogens is 5.